The minimum atomic E-state index is 0.856. The van der Waals surface area contributed by atoms with Crippen LogP contribution < -0.4 is 0 Å². The number of hydrogen-bond donors (Lipinski definition) is 3. The minimum absolute atomic E-state index is 0.856. The molecule has 3 N–H and O–H groups in total. The van der Waals surface area contributed by atoms with E-state index in [1.807, 2.05) is 249 Å². The number of aromatic amines is 3. The van der Waals surface area contributed by atoms with Crippen LogP contribution in [0.2, 0.25) is 0 Å². The third-order valence-electron chi connectivity index (χ3n) is 5.92. The summed E-state index contributed by atoms with van der Waals surface area (Å²) in [6.07, 6.45) is 24.1. The Hall–Kier alpha value is -6.64. The first kappa shape index (κ1) is 95.7. The lowest BCUT2D eigenvalue weighted by molar-refractivity contribution is 0.397. The van der Waals surface area contributed by atoms with E-state index in [0.29, 0.717) is 0 Å². The van der Waals surface area contributed by atoms with E-state index in [1.54, 1.807) is 91.6 Å². The number of nitrogens with one attached hydrogen (secondary N) is 3. The Morgan fingerprint density at radius 2 is 1.07 bits per heavy atom. The molecule has 0 amide bonds. The van der Waals surface area contributed by atoms with Crippen molar-refractivity contribution in [2.45, 2.75) is 201 Å². The molecule has 17 nitrogen and oxygen atoms in total. The van der Waals surface area contributed by atoms with Crippen molar-refractivity contribution in [1.29, 1.82) is 0 Å². The summed E-state index contributed by atoms with van der Waals surface area (Å²) < 4.78 is 26.9. The molecule has 20 heteroatoms. The van der Waals surface area contributed by atoms with Crippen molar-refractivity contribution in [3.05, 3.63) is 179 Å². The fraction of sp³-hybridized carbons (Fsp3) is 0.500. The summed E-state index contributed by atoms with van der Waals surface area (Å²) in [6, 6.07) is 9.48. The van der Waals surface area contributed by atoms with Gasteiger partial charge in [0.15, 0.2) is 0 Å². The van der Waals surface area contributed by atoms with E-state index in [9.17, 15) is 0 Å². The first-order chi connectivity index (χ1) is 38.9. The van der Waals surface area contributed by atoms with E-state index in [0.717, 1.165) is 39.9 Å². The smallest absolute Gasteiger partial charge is 0.133 e. The standard InChI is InChI=1S/4C4H6N2.3C4H5NO.3C4H5NS.10C2H6/c2*1-4-2-5-3-6-4;1-6-4-2-3-5-6;1-4-5-2-3-6-4;1-4-2-5-6-3-4;1-4-2-3-6-5-4;1-4-2-3-5-6-4;1-4-2-5-6-3-4;1-4-2-3-6-5-4;1-4-2-3-5-6-4;10*1-2/h2*2-3H,1H3,(H,5,6);2-4H,1H3;2-3H,1H3,(H,5,6);6*2-3H,1H3;10*1-2H3. The van der Waals surface area contributed by atoms with Gasteiger partial charge in [0.25, 0.3) is 0 Å². The zero-order valence-corrected chi connectivity index (χ0v) is 57.9. The third kappa shape index (κ3) is 88.0. The molecule has 460 valence electrons. The zero-order valence-electron chi connectivity index (χ0n) is 55.5. The third-order valence-corrected chi connectivity index (χ3v) is 7.93. The molecule has 0 aliphatic heterocycles. The molecular formula is C60H114N14O3S3. The maximum absolute atomic E-state index is 4.58. The Bertz CT molecular complexity index is 1660. The van der Waals surface area contributed by atoms with Crippen LogP contribution in [0.4, 0.5) is 0 Å². The van der Waals surface area contributed by atoms with E-state index in [4.69, 9.17) is 0 Å². The van der Waals surface area contributed by atoms with Gasteiger partial charge in [0, 0.05) is 101 Å². The summed E-state index contributed by atoms with van der Waals surface area (Å²) in [5.41, 5.74) is 6.56. The largest absolute Gasteiger partial charge is 0.365 e. The second kappa shape index (κ2) is 91.8. The Morgan fingerprint density at radius 3 is 1.19 bits per heavy atom. The van der Waals surface area contributed by atoms with Crippen LogP contribution in [-0.2, 0) is 7.05 Å². The second-order valence-corrected chi connectivity index (χ2v) is 14.1. The molecule has 0 aromatic carbocycles. The van der Waals surface area contributed by atoms with Crippen molar-refractivity contribution in [3.8, 4) is 0 Å². The van der Waals surface area contributed by atoms with Crippen molar-refractivity contribution < 1.29 is 13.6 Å². The quantitative estimate of drug-likeness (QED) is 0.129. The van der Waals surface area contributed by atoms with E-state index in [-0.39, 0.29) is 0 Å². The maximum Gasteiger partial charge on any atom is 0.133 e. The molecule has 0 saturated heterocycles. The molecule has 10 heterocycles. The lowest BCUT2D eigenvalue weighted by Crippen LogP contribution is -1.83. The summed E-state index contributed by atoms with van der Waals surface area (Å²) in [5, 5.41) is 18.2. The normalized spacial score (nSPS) is 7.38. The number of H-pyrrole nitrogens is 3. The van der Waals surface area contributed by atoms with E-state index >= 15 is 0 Å². The van der Waals surface area contributed by atoms with Gasteiger partial charge < -0.3 is 28.5 Å². The molecule has 0 spiro atoms. The van der Waals surface area contributed by atoms with Crippen LogP contribution in [0.3, 0.4) is 0 Å². The van der Waals surface area contributed by atoms with Gasteiger partial charge in [-0.3, -0.25) is 4.68 Å². The number of hydrogen-bond acceptors (Lipinski definition) is 16. The van der Waals surface area contributed by atoms with Crippen LogP contribution >= 0.6 is 34.6 Å². The Balaban J connectivity index is -0.0000000822. The van der Waals surface area contributed by atoms with Gasteiger partial charge in [-0.15, -0.1) is 0 Å². The van der Waals surface area contributed by atoms with E-state index in [2.05, 4.69) is 77.2 Å². The van der Waals surface area contributed by atoms with Crippen molar-refractivity contribution in [3.63, 3.8) is 0 Å². The van der Waals surface area contributed by atoms with Crippen molar-refractivity contribution in [2.24, 2.45) is 7.05 Å². The van der Waals surface area contributed by atoms with Crippen molar-refractivity contribution in [1.82, 2.24) is 68.3 Å². The van der Waals surface area contributed by atoms with Gasteiger partial charge in [-0.2, -0.15) is 9.47 Å². The van der Waals surface area contributed by atoms with Gasteiger partial charge >= 0.3 is 0 Å². The molecule has 0 unspecified atom stereocenters. The van der Waals surface area contributed by atoms with Gasteiger partial charge in [0.05, 0.1) is 36.4 Å². The highest BCUT2D eigenvalue weighted by molar-refractivity contribution is 7.05. The molecule has 0 radical (unpaired) electrons. The highest BCUT2D eigenvalue weighted by Crippen LogP contribution is 1.99. The van der Waals surface area contributed by atoms with Crippen LogP contribution in [0.1, 0.15) is 189 Å². The van der Waals surface area contributed by atoms with Gasteiger partial charge in [-0.05, 0) is 121 Å². The lowest BCUT2D eigenvalue weighted by atomic mass is 10.4. The molecule has 0 aliphatic carbocycles. The summed E-state index contributed by atoms with van der Waals surface area (Å²) in [6.45, 7) is 57.6. The number of aromatic nitrogens is 14. The molecule has 0 aliphatic rings. The van der Waals surface area contributed by atoms with Gasteiger partial charge in [0.1, 0.15) is 24.1 Å². The highest BCUT2D eigenvalue weighted by atomic mass is 32.1. The maximum atomic E-state index is 4.58. The number of rotatable bonds is 0. The first-order valence-electron chi connectivity index (χ1n) is 27.9. The van der Waals surface area contributed by atoms with Crippen molar-refractivity contribution in [2.75, 3.05) is 0 Å². The van der Waals surface area contributed by atoms with Crippen molar-refractivity contribution >= 4 is 34.6 Å². The molecule has 0 saturated carbocycles. The summed E-state index contributed by atoms with van der Waals surface area (Å²) in [4.78, 5) is 21.3. The summed E-state index contributed by atoms with van der Waals surface area (Å²) >= 11 is 4.51. The Morgan fingerprint density at radius 1 is 0.512 bits per heavy atom. The molecular weight excluding hydrogens is 1060 g/mol. The summed E-state index contributed by atoms with van der Waals surface area (Å²) in [5.74, 6) is 1.82. The molecule has 10 aromatic rings. The molecule has 0 fully saturated rings. The monoisotopic (exact) mass is 1170 g/mol. The average Bonchev–Trinajstić information content (AvgIpc) is 4.32. The molecule has 0 bridgehead atoms. The van der Waals surface area contributed by atoms with Crippen LogP contribution in [0.5, 0.6) is 0 Å². The average molecular weight is 1180 g/mol. The van der Waals surface area contributed by atoms with Crippen LogP contribution in [0, 0.1) is 62.3 Å². The molecule has 10 aromatic heterocycles. The molecule has 10 rings (SSSR count). The Labute approximate surface area is 500 Å². The minimum Gasteiger partial charge on any atom is -0.365 e. The van der Waals surface area contributed by atoms with Gasteiger partial charge in [-0.1, -0.05) is 154 Å². The topological polar surface area (TPSA) is 221 Å². The number of imidazole rings is 3. The second-order valence-electron chi connectivity index (χ2n) is 11.8. The zero-order chi connectivity index (χ0) is 64.1. The van der Waals surface area contributed by atoms with Gasteiger partial charge in [-0.25, -0.2) is 23.7 Å². The SMILES string of the molecule is CC.CC.CC.CC.CC.CC.CC.CC.CC.CC.Cc1ccno1.Cc1ccns1.Cc1ccon1.Cc1ccsn1.Cc1cnc[nH]1.Cc1cnc[nH]1.Cc1cnoc1.Cc1cnsc1.Cc1ncc[nH]1.Cn1cccn1. The molecule has 80 heavy (non-hydrogen) atoms. The lowest BCUT2D eigenvalue weighted by Gasteiger charge is -1.77. The van der Waals surface area contributed by atoms with Gasteiger partial charge in [0.2, 0.25) is 0 Å². The molecule has 0 atom stereocenters. The highest BCUT2D eigenvalue weighted by Gasteiger charge is 1.81. The fourth-order valence-corrected chi connectivity index (χ4v) is 4.43. The van der Waals surface area contributed by atoms with E-state index in [1.165, 1.54) is 45.0 Å². The number of nitrogens with zero attached hydrogens (tertiary/aromatic N) is 11. The van der Waals surface area contributed by atoms with Crippen LogP contribution in [0.15, 0.2) is 142 Å². The first-order valence-corrected chi connectivity index (χ1v) is 30.4. The fourth-order valence-electron chi connectivity index (χ4n) is 2.96. The van der Waals surface area contributed by atoms with Crippen LogP contribution in [-0.4, -0.2) is 68.3 Å². The van der Waals surface area contributed by atoms with Crippen LogP contribution in [0.25, 0.3) is 0 Å². The predicted molar refractivity (Wildman–Crippen MR) is 351 cm³/mol. The summed E-state index contributed by atoms with van der Waals surface area (Å²) in [7, 11) is 1.89. The van der Waals surface area contributed by atoms with E-state index < -0.39 is 0 Å². The predicted octanol–water partition coefficient (Wildman–Crippen LogP) is 20.1. The number of aryl methyl sites for hydroxylation is 10. The Kier molecular flexibility index (Phi) is 110.